The van der Waals surface area contributed by atoms with Crippen molar-refractivity contribution < 1.29 is 5.11 Å². The van der Waals surface area contributed by atoms with E-state index in [4.69, 9.17) is 0 Å². The first-order valence-corrected chi connectivity index (χ1v) is 6.53. The molecule has 102 valence electrons. The van der Waals surface area contributed by atoms with E-state index in [0.717, 1.165) is 6.42 Å². The predicted octanol–water partition coefficient (Wildman–Crippen LogP) is 6.22. The number of allylic oxidation sites excluding steroid dienone is 4. The second kappa shape index (κ2) is 24.1. The Morgan fingerprint density at radius 3 is 1.41 bits per heavy atom. The fourth-order valence-electron chi connectivity index (χ4n) is 0.648. The molecule has 0 aliphatic carbocycles. The molecule has 0 aliphatic rings. The minimum atomic E-state index is 0.192. The quantitative estimate of drug-likeness (QED) is 0.457. The minimum Gasteiger partial charge on any atom is -0.507 e. The van der Waals surface area contributed by atoms with Gasteiger partial charge in [0.05, 0.1) is 0 Å². The lowest BCUT2D eigenvalue weighted by Crippen LogP contribution is -1.88. The Bertz CT molecular complexity index is 200. The normalized spacial score (nSPS) is 6.53. The first-order valence-electron chi connectivity index (χ1n) is 6.53. The summed E-state index contributed by atoms with van der Waals surface area (Å²) in [4.78, 5) is 0. The number of rotatable bonds is 4. The standard InChI is InChI=1S/C10H14O.3C2H6/c1-5-8(4)10(11)9(6-2)7-3;3*1-2/h6-7,11H,2-5H2,1H3;3*1-2H3. The van der Waals surface area contributed by atoms with Crippen molar-refractivity contribution in [2.75, 3.05) is 0 Å². The Morgan fingerprint density at radius 2 is 1.24 bits per heavy atom. The maximum Gasteiger partial charge on any atom is 0.125 e. The van der Waals surface area contributed by atoms with Crippen molar-refractivity contribution in [3.05, 3.63) is 48.8 Å². The van der Waals surface area contributed by atoms with Crippen LogP contribution in [0.1, 0.15) is 54.9 Å². The third-order valence-corrected chi connectivity index (χ3v) is 1.47. The van der Waals surface area contributed by atoms with E-state index in [9.17, 15) is 5.11 Å². The van der Waals surface area contributed by atoms with Gasteiger partial charge in [-0.25, -0.2) is 0 Å². The smallest absolute Gasteiger partial charge is 0.125 e. The maximum absolute atomic E-state index is 9.42. The highest BCUT2D eigenvalue weighted by Crippen LogP contribution is 2.14. The van der Waals surface area contributed by atoms with Gasteiger partial charge in [-0.15, -0.1) is 0 Å². The summed E-state index contributed by atoms with van der Waals surface area (Å²) in [6.45, 7) is 24.7. The Balaban J connectivity index is -0.000000121. The molecule has 0 aromatic heterocycles. The van der Waals surface area contributed by atoms with Crippen LogP contribution in [0.4, 0.5) is 0 Å². The molecule has 0 fully saturated rings. The van der Waals surface area contributed by atoms with Crippen LogP contribution in [-0.2, 0) is 0 Å². The van der Waals surface area contributed by atoms with Crippen LogP contribution in [0, 0.1) is 0 Å². The first kappa shape index (κ1) is 24.8. The molecule has 0 bridgehead atoms. The van der Waals surface area contributed by atoms with Gasteiger partial charge in [0.25, 0.3) is 0 Å². The van der Waals surface area contributed by atoms with Crippen molar-refractivity contribution >= 4 is 0 Å². The number of aliphatic hydroxyl groups excluding tert-OH is 1. The largest absolute Gasteiger partial charge is 0.507 e. The summed E-state index contributed by atoms with van der Waals surface area (Å²) in [6.07, 6.45) is 3.85. The van der Waals surface area contributed by atoms with Crippen molar-refractivity contribution in [2.24, 2.45) is 0 Å². The third kappa shape index (κ3) is 14.8. The molecule has 17 heavy (non-hydrogen) atoms. The SMILES string of the molecule is C=CC(C=C)=C(O)C(=C)CC.CC.CC.CC. The minimum absolute atomic E-state index is 0.192. The highest BCUT2D eigenvalue weighted by atomic mass is 16.3. The van der Waals surface area contributed by atoms with Crippen LogP contribution in [0.2, 0.25) is 0 Å². The molecule has 1 nitrogen and oxygen atoms in total. The first-order chi connectivity index (χ1) is 8.17. The molecule has 0 saturated carbocycles. The molecule has 0 rings (SSSR count). The Hall–Kier alpha value is -1.24. The van der Waals surface area contributed by atoms with Crippen LogP contribution in [0.15, 0.2) is 48.8 Å². The molecule has 0 heterocycles. The van der Waals surface area contributed by atoms with Gasteiger partial charge in [-0.2, -0.15) is 0 Å². The van der Waals surface area contributed by atoms with Crippen molar-refractivity contribution in [1.29, 1.82) is 0 Å². The van der Waals surface area contributed by atoms with E-state index in [2.05, 4.69) is 19.7 Å². The fraction of sp³-hybridized carbons (Fsp3) is 0.500. The Kier molecular flexibility index (Phi) is 35.3. The van der Waals surface area contributed by atoms with E-state index in [1.54, 1.807) is 12.2 Å². The zero-order chi connectivity index (χ0) is 14.9. The number of aliphatic hydroxyl groups is 1. The molecule has 0 saturated heterocycles. The van der Waals surface area contributed by atoms with E-state index in [1.165, 1.54) is 0 Å². The van der Waals surface area contributed by atoms with Crippen LogP contribution in [0.3, 0.4) is 0 Å². The topological polar surface area (TPSA) is 20.2 Å². The lowest BCUT2D eigenvalue weighted by Gasteiger charge is -2.03. The van der Waals surface area contributed by atoms with Crippen LogP contribution in [0.25, 0.3) is 0 Å². The summed E-state index contributed by atoms with van der Waals surface area (Å²) in [6, 6.07) is 0. The highest BCUT2D eigenvalue weighted by molar-refractivity contribution is 5.38. The van der Waals surface area contributed by atoms with Crippen molar-refractivity contribution in [3.8, 4) is 0 Å². The number of hydrogen-bond acceptors (Lipinski definition) is 1. The third-order valence-electron chi connectivity index (χ3n) is 1.47. The van der Waals surface area contributed by atoms with Gasteiger partial charge in [-0.3, -0.25) is 0 Å². The predicted molar refractivity (Wildman–Crippen MR) is 83.5 cm³/mol. The van der Waals surface area contributed by atoms with Gasteiger partial charge in [0.15, 0.2) is 0 Å². The number of hydrogen-bond donors (Lipinski definition) is 1. The van der Waals surface area contributed by atoms with Gasteiger partial charge >= 0.3 is 0 Å². The molecule has 0 atom stereocenters. The van der Waals surface area contributed by atoms with E-state index in [0.29, 0.717) is 11.1 Å². The second-order valence-electron chi connectivity index (χ2n) is 2.17. The monoisotopic (exact) mass is 240 g/mol. The van der Waals surface area contributed by atoms with Gasteiger partial charge in [0.2, 0.25) is 0 Å². The van der Waals surface area contributed by atoms with E-state index < -0.39 is 0 Å². The van der Waals surface area contributed by atoms with Gasteiger partial charge in [-0.1, -0.05) is 80.4 Å². The van der Waals surface area contributed by atoms with Crippen LogP contribution >= 0.6 is 0 Å². The van der Waals surface area contributed by atoms with E-state index in [1.807, 2.05) is 48.5 Å². The van der Waals surface area contributed by atoms with Crippen molar-refractivity contribution in [1.82, 2.24) is 0 Å². The average molecular weight is 240 g/mol. The van der Waals surface area contributed by atoms with Crippen LogP contribution < -0.4 is 0 Å². The van der Waals surface area contributed by atoms with Gasteiger partial charge in [0, 0.05) is 5.57 Å². The summed E-state index contributed by atoms with van der Waals surface area (Å²) < 4.78 is 0. The van der Waals surface area contributed by atoms with Gasteiger partial charge in [-0.05, 0) is 12.0 Å². The van der Waals surface area contributed by atoms with Crippen LogP contribution in [0.5, 0.6) is 0 Å². The molecule has 0 spiro atoms. The summed E-state index contributed by atoms with van der Waals surface area (Å²) in [5, 5.41) is 9.42. The lowest BCUT2D eigenvalue weighted by atomic mass is 10.1. The average Bonchev–Trinajstić information content (AvgIpc) is 2.45. The Morgan fingerprint density at radius 1 is 0.941 bits per heavy atom. The molecule has 0 radical (unpaired) electrons. The summed E-state index contributed by atoms with van der Waals surface area (Å²) in [5.41, 5.74) is 1.34. The lowest BCUT2D eigenvalue weighted by molar-refractivity contribution is 0.417. The molecule has 0 amide bonds. The summed E-state index contributed by atoms with van der Waals surface area (Å²) >= 11 is 0. The molecular weight excluding hydrogens is 208 g/mol. The summed E-state index contributed by atoms with van der Waals surface area (Å²) in [5.74, 6) is 0.192. The maximum atomic E-state index is 9.42. The van der Waals surface area contributed by atoms with Gasteiger partial charge < -0.3 is 5.11 Å². The molecule has 0 aromatic carbocycles. The highest BCUT2D eigenvalue weighted by Gasteiger charge is 2.00. The van der Waals surface area contributed by atoms with Crippen LogP contribution in [-0.4, -0.2) is 5.11 Å². The van der Waals surface area contributed by atoms with Gasteiger partial charge in [0.1, 0.15) is 5.76 Å². The molecule has 1 heteroatoms. The second-order valence-corrected chi connectivity index (χ2v) is 2.17. The zero-order valence-electron chi connectivity index (χ0n) is 12.9. The molecular formula is C16H32O. The van der Waals surface area contributed by atoms with E-state index >= 15 is 0 Å². The van der Waals surface area contributed by atoms with Crippen molar-refractivity contribution in [2.45, 2.75) is 54.9 Å². The molecule has 0 unspecified atom stereocenters. The molecule has 0 aliphatic heterocycles. The van der Waals surface area contributed by atoms with E-state index in [-0.39, 0.29) is 5.76 Å². The Labute approximate surface area is 109 Å². The fourth-order valence-corrected chi connectivity index (χ4v) is 0.648. The molecule has 0 aromatic rings. The zero-order valence-corrected chi connectivity index (χ0v) is 12.9. The molecule has 1 N–H and O–H groups in total. The van der Waals surface area contributed by atoms with Crippen molar-refractivity contribution in [3.63, 3.8) is 0 Å². The summed E-state index contributed by atoms with van der Waals surface area (Å²) in [7, 11) is 0.